The molecule has 56 heavy (non-hydrogen) atoms. The fourth-order valence-electron chi connectivity index (χ4n) is 7.32. The van der Waals surface area contributed by atoms with Crippen LogP contribution in [0.4, 0.5) is 4.79 Å². The summed E-state index contributed by atoms with van der Waals surface area (Å²) >= 11 is 11.0. The van der Waals surface area contributed by atoms with E-state index >= 15 is 0 Å². The molecule has 2 aromatic heterocycles. The number of nitrogens with two attached hydrogens (primary N) is 1. The largest absolute Gasteiger partial charge is 0.507 e. The van der Waals surface area contributed by atoms with Gasteiger partial charge in [-0.1, -0.05) is 64.5 Å². The summed E-state index contributed by atoms with van der Waals surface area (Å²) in [6.45, 7) is 6.35. The Labute approximate surface area is 350 Å². The van der Waals surface area contributed by atoms with E-state index in [9.17, 15) is 14.7 Å². The normalized spacial score (nSPS) is 13.4. The maximum Gasteiger partial charge on any atom is 0.410 e. The molecule has 0 bridgehead atoms. The van der Waals surface area contributed by atoms with Gasteiger partial charge in [-0.2, -0.15) is 5.10 Å². The van der Waals surface area contributed by atoms with Gasteiger partial charge in [-0.3, -0.25) is 14.6 Å². The molecule has 296 valence electrons. The summed E-state index contributed by atoms with van der Waals surface area (Å²) in [4.78, 5) is 34.1. The minimum Gasteiger partial charge on any atom is -0.507 e. The lowest BCUT2D eigenvalue weighted by molar-refractivity contribution is 0.0248. The van der Waals surface area contributed by atoms with Gasteiger partial charge in [0.1, 0.15) is 17.0 Å². The number of fused-ring (bicyclic) bond motifs is 3. The minimum atomic E-state index is -0.763. The zero-order valence-electron chi connectivity index (χ0n) is 32.6. The number of nitrogens with zero attached hydrogens (tertiary/aromatic N) is 5. The van der Waals surface area contributed by atoms with Gasteiger partial charge in [-0.15, -0.1) is 11.8 Å². The summed E-state index contributed by atoms with van der Waals surface area (Å²) in [6.07, 6.45) is 4.54. The molecule has 14 heteroatoms. The van der Waals surface area contributed by atoms with Crippen molar-refractivity contribution in [1.29, 1.82) is 0 Å². The Morgan fingerprint density at radius 2 is 1.93 bits per heavy atom. The number of carbonyl (C=O) groups excluding carboxylic acids is 2. The van der Waals surface area contributed by atoms with Crippen molar-refractivity contribution in [3.05, 3.63) is 88.0 Å². The Balaban J connectivity index is 1.37. The quantitative estimate of drug-likeness (QED) is 0.0393. The molecule has 1 aliphatic rings. The number of esters is 1. The number of aliphatic imine (C=N–C) groups is 1. The van der Waals surface area contributed by atoms with E-state index in [4.69, 9.17) is 31.9 Å². The van der Waals surface area contributed by atoms with Crippen LogP contribution in [0.1, 0.15) is 61.1 Å². The Hall–Kier alpha value is -4.21. The van der Waals surface area contributed by atoms with Crippen molar-refractivity contribution in [1.82, 2.24) is 19.2 Å². The number of aromatic nitrogens is 3. The molecule has 3 heterocycles. The van der Waals surface area contributed by atoms with Crippen molar-refractivity contribution < 1.29 is 24.2 Å². The molecule has 0 aliphatic carbocycles. The lowest BCUT2D eigenvalue weighted by Crippen LogP contribution is -2.39. The maximum atomic E-state index is 14.0. The molecule has 3 N–H and O–H groups in total. The van der Waals surface area contributed by atoms with E-state index < -0.39 is 17.7 Å². The van der Waals surface area contributed by atoms with Crippen LogP contribution in [-0.4, -0.2) is 78.6 Å². The molecule has 0 saturated heterocycles. The number of alkyl halides is 1. The molecule has 0 spiro atoms. The number of rotatable bonds is 13. The first kappa shape index (κ1) is 41.4. The average molecular weight is 911 g/mol. The smallest absolute Gasteiger partial charge is 0.410 e. The highest BCUT2D eigenvalue weighted by atomic mass is 127. The first-order valence-corrected chi connectivity index (χ1v) is 21.4. The number of phenols is 1. The van der Waals surface area contributed by atoms with Crippen LogP contribution in [-0.2, 0) is 42.5 Å². The standard InChI is InChI=1S/C42H48ClIN6O5S/c1-42(2,3)55-41(53)49(22-26(45)20-27(46-4)24-56-28-19-25-11-7-8-12-29(25)35(51)21-28)23-33-37(34-14-10-18-50(34)47-33)36-32(43)16-15-31-30(13-9-17-44)39(40(52)54-6)48(5)38(31)36/h7-8,11-12,15-16,19-21,51H,9-10,13-14,17-18,22-24,45H2,1-6H3/b26-20-,46-27?. The van der Waals surface area contributed by atoms with Gasteiger partial charge in [-0.05, 0) is 86.1 Å². The number of phenolic OH excluding ortho intramolecular Hbond substituents is 1. The van der Waals surface area contributed by atoms with Gasteiger partial charge in [-0.25, -0.2) is 9.59 Å². The summed E-state index contributed by atoms with van der Waals surface area (Å²) in [6, 6.07) is 15.3. The number of ether oxygens (including phenoxy) is 2. The third-order valence-electron chi connectivity index (χ3n) is 9.72. The van der Waals surface area contributed by atoms with Crippen LogP contribution in [0.15, 0.2) is 70.2 Å². The first-order valence-electron chi connectivity index (χ1n) is 18.5. The summed E-state index contributed by atoms with van der Waals surface area (Å²) in [5, 5.41) is 18.9. The molecule has 0 radical (unpaired) electrons. The Bertz CT molecular complexity index is 2360. The van der Waals surface area contributed by atoms with Crippen molar-refractivity contribution >= 4 is 85.4 Å². The van der Waals surface area contributed by atoms with E-state index in [0.717, 1.165) is 79.2 Å². The second-order valence-corrected chi connectivity index (χ2v) is 17.3. The SMILES string of the molecule is CN=C(/C=C(\N)CN(Cc1nn2c(c1-c1c(Cl)ccc3c(CCCI)c(C(=O)OC)n(C)c13)CCC2)C(=O)OC(C)(C)C)CSc1cc(O)c2ccccc2c1. The average Bonchev–Trinajstić information content (AvgIpc) is 3.83. The summed E-state index contributed by atoms with van der Waals surface area (Å²) < 4.78 is 16.0. The highest BCUT2D eigenvalue weighted by Crippen LogP contribution is 2.44. The van der Waals surface area contributed by atoms with E-state index in [1.165, 1.54) is 18.9 Å². The van der Waals surface area contributed by atoms with Crippen molar-refractivity contribution in [2.45, 2.75) is 70.0 Å². The number of halogens is 2. The van der Waals surface area contributed by atoms with Gasteiger partial charge >= 0.3 is 12.1 Å². The minimum absolute atomic E-state index is 0.0476. The third-order valence-corrected chi connectivity index (χ3v) is 11.8. The van der Waals surface area contributed by atoms with E-state index in [0.29, 0.717) is 40.0 Å². The molecule has 11 nitrogen and oxygen atoms in total. The number of hydrogen-bond donors (Lipinski definition) is 2. The number of methoxy groups -OCH3 is 1. The Kier molecular flexibility index (Phi) is 13.0. The van der Waals surface area contributed by atoms with Crippen LogP contribution in [0.3, 0.4) is 0 Å². The summed E-state index contributed by atoms with van der Waals surface area (Å²) in [5.41, 5.74) is 12.6. The van der Waals surface area contributed by atoms with Crippen LogP contribution < -0.4 is 5.73 Å². The van der Waals surface area contributed by atoms with Crippen LogP contribution in [0, 0.1) is 0 Å². The van der Waals surface area contributed by atoms with Gasteiger partial charge in [0.25, 0.3) is 0 Å². The molecule has 0 saturated carbocycles. The monoisotopic (exact) mass is 910 g/mol. The number of thioether (sulfide) groups is 1. The molecule has 0 fully saturated rings. The van der Waals surface area contributed by atoms with Crippen molar-refractivity contribution in [3.8, 4) is 16.9 Å². The lowest BCUT2D eigenvalue weighted by atomic mass is 9.97. The van der Waals surface area contributed by atoms with E-state index in [-0.39, 0.29) is 18.8 Å². The molecule has 3 aromatic carbocycles. The number of benzene rings is 3. The number of aromatic hydroxyl groups is 1. The molecular formula is C42H48ClIN6O5S. The van der Waals surface area contributed by atoms with Crippen molar-refractivity contribution in [2.75, 3.05) is 30.9 Å². The second-order valence-electron chi connectivity index (χ2n) is 14.8. The molecule has 5 aromatic rings. The number of amides is 1. The van der Waals surface area contributed by atoms with Crippen LogP contribution in [0.25, 0.3) is 32.8 Å². The molecule has 0 atom stereocenters. The van der Waals surface area contributed by atoms with E-state index in [1.807, 2.05) is 79.5 Å². The van der Waals surface area contributed by atoms with Gasteiger partial charge < -0.3 is 24.9 Å². The van der Waals surface area contributed by atoms with Gasteiger partial charge in [0.05, 0.1) is 36.4 Å². The van der Waals surface area contributed by atoms with Gasteiger partial charge in [0, 0.05) is 70.3 Å². The third kappa shape index (κ3) is 8.84. The molecule has 1 aliphatic heterocycles. The van der Waals surface area contributed by atoms with Crippen LogP contribution in [0.5, 0.6) is 5.75 Å². The Morgan fingerprint density at radius 3 is 2.64 bits per heavy atom. The number of hydrogen-bond acceptors (Lipinski definition) is 9. The van der Waals surface area contributed by atoms with Crippen LogP contribution >= 0.6 is 46.0 Å². The van der Waals surface area contributed by atoms with Crippen LogP contribution in [0.2, 0.25) is 5.02 Å². The molecule has 0 unspecified atom stereocenters. The number of allylic oxidation sites excluding steroid dienone is 1. The van der Waals surface area contributed by atoms with Gasteiger partial charge in [0.2, 0.25) is 0 Å². The number of carbonyl (C=O) groups is 2. The molecular weight excluding hydrogens is 863 g/mol. The fraction of sp³-hybridized carbons (Fsp3) is 0.381. The maximum absolute atomic E-state index is 14.0. The first-order chi connectivity index (χ1) is 26.7. The number of aryl methyl sites for hydroxylation is 3. The molecule has 6 rings (SSSR count). The summed E-state index contributed by atoms with van der Waals surface area (Å²) in [7, 11) is 4.97. The van der Waals surface area contributed by atoms with Crippen molar-refractivity contribution in [3.63, 3.8) is 0 Å². The predicted molar refractivity (Wildman–Crippen MR) is 235 cm³/mol. The topological polar surface area (TPSA) is 137 Å². The van der Waals surface area contributed by atoms with E-state index in [1.54, 1.807) is 24.1 Å². The van der Waals surface area contributed by atoms with Gasteiger partial charge in [0.15, 0.2) is 0 Å². The predicted octanol–water partition coefficient (Wildman–Crippen LogP) is 9.10. The fourth-order valence-corrected chi connectivity index (χ4v) is 8.89. The summed E-state index contributed by atoms with van der Waals surface area (Å²) in [5.74, 6) is 0.307. The lowest BCUT2D eigenvalue weighted by Gasteiger charge is -2.27. The molecule has 1 amide bonds. The highest BCUT2D eigenvalue weighted by Gasteiger charge is 2.32. The van der Waals surface area contributed by atoms with E-state index in [2.05, 4.69) is 27.6 Å². The highest BCUT2D eigenvalue weighted by molar-refractivity contribution is 14.1. The van der Waals surface area contributed by atoms with Crippen molar-refractivity contribution in [2.24, 2.45) is 17.8 Å². The Morgan fingerprint density at radius 1 is 1.16 bits per heavy atom. The second kappa shape index (κ2) is 17.5. The zero-order valence-corrected chi connectivity index (χ0v) is 36.3. The zero-order chi connectivity index (χ0) is 40.3.